The Bertz CT molecular complexity index is 533. The maximum absolute atomic E-state index is 14.1. The number of ether oxygens (including phenoxy) is 1. The molecule has 0 saturated carbocycles. The molecule has 23 heavy (non-hydrogen) atoms. The molecule has 0 spiro atoms. The molecule has 1 amide bonds. The van der Waals surface area contributed by atoms with E-state index in [1.807, 2.05) is 0 Å². The van der Waals surface area contributed by atoms with Crippen LogP contribution in [0.25, 0.3) is 0 Å². The van der Waals surface area contributed by atoms with E-state index in [2.05, 4.69) is 11.9 Å². The van der Waals surface area contributed by atoms with Crippen molar-refractivity contribution in [3.05, 3.63) is 34.6 Å². The number of carbonyl (C=O) groups excluding carboxylic acids is 1. The third kappa shape index (κ3) is 4.90. The standard InChI is InChI=1S/C17H24ClFN2O2/c1-20-9-6-14(7-10-20)21(8-3-11-23-2)17(22)15-12-13(18)4-5-16(15)19/h4-5,12,14H,3,6-11H2,1-2H3. The number of halogens is 2. The highest BCUT2D eigenvalue weighted by atomic mass is 35.5. The Labute approximate surface area is 142 Å². The van der Waals surface area contributed by atoms with Gasteiger partial charge in [0, 0.05) is 31.3 Å². The first-order chi connectivity index (χ1) is 11.0. The average molecular weight is 343 g/mol. The quantitative estimate of drug-likeness (QED) is 0.745. The van der Waals surface area contributed by atoms with Crippen molar-refractivity contribution in [2.24, 2.45) is 0 Å². The van der Waals surface area contributed by atoms with Crippen molar-refractivity contribution in [1.82, 2.24) is 9.80 Å². The van der Waals surface area contributed by atoms with Crippen LogP contribution >= 0.6 is 11.6 Å². The molecule has 6 heteroatoms. The Morgan fingerprint density at radius 1 is 1.43 bits per heavy atom. The van der Waals surface area contributed by atoms with Crippen LogP contribution in [0.15, 0.2) is 18.2 Å². The number of nitrogens with zero attached hydrogens (tertiary/aromatic N) is 2. The van der Waals surface area contributed by atoms with Gasteiger partial charge >= 0.3 is 0 Å². The van der Waals surface area contributed by atoms with Gasteiger partial charge in [0.1, 0.15) is 5.82 Å². The normalized spacial score (nSPS) is 16.5. The van der Waals surface area contributed by atoms with Crippen LogP contribution in [0.1, 0.15) is 29.6 Å². The molecule has 2 rings (SSSR count). The second-order valence-corrected chi connectivity index (χ2v) is 6.44. The van der Waals surface area contributed by atoms with E-state index < -0.39 is 5.82 Å². The summed E-state index contributed by atoms with van der Waals surface area (Å²) < 4.78 is 19.1. The lowest BCUT2D eigenvalue weighted by molar-refractivity contribution is 0.0559. The lowest BCUT2D eigenvalue weighted by Gasteiger charge is -2.37. The van der Waals surface area contributed by atoms with Crippen LogP contribution in [0.4, 0.5) is 4.39 Å². The molecule has 1 aromatic carbocycles. The molecule has 1 fully saturated rings. The summed E-state index contributed by atoms with van der Waals surface area (Å²) in [6.07, 6.45) is 2.53. The molecule has 0 aromatic heterocycles. The van der Waals surface area contributed by atoms with E-state index in [9.17, 15) is 9.18 Å². The van der Waals surface area contributed by atoms with Crippen LogP contribution in [-0.4, -0.2) is 62.1 Å². The van der Waals surface area contributed by atoms with Crippen LogP contribution in [0.2, 0.25) is 5.02 Å². The van der Waals surface area contributed by atoms with E-state index in [1.54, 1.807) is 12.0 Å². The van der Waals surface area contributed by atoms with Gasteiger partial charge in [-0.1, -0.05) is 11.6 Å². The molecule has 1 aliphatic heterocycles. The summed E-state index contributed by atoms with van der Waals surface area (Å²) in [5.41, 5.74) is 0.0499. The summed E-state index contributed by atoms with van der Waals surface area (Å²) >= 11 is 5.93. The molecular weight excluding hydrogens is 319 g/mol. The SMILES string of the molecule is COCCCN(C(=O)c1cc(Cl)ccc1F)C1CCN(C)CC1. The summed E-state index contributed by atoms with van der Waals surface area (Å²) in [5.74, 6) is -0.806. The van der Waals surface area contributed by atoms with Crippen molar-refractivity contribution in [3.63, 3.8) is 0 Å². The number of methoxy groups -OCH3 is 1. The van der Waals surface area contributed by atoms with Gasteiger partial charge in [-0.15, -0.1) is 0 Å². The highest BCUT2D eigenvalue weighted by Crippen LogP contribution is 2.22. The zero-order valence-electron chi connectivity index (χ0n) is 13.7. The Kier molecular flexibility index (Phi) is 6.81. The first kappa shape index (κ1) is 18.2. The summed E-state index contributed by atoms with van der Waals surface area (Å²) in [5, 5.41) is 0.370. The van der Waals surface area contributed by atoms with Gasteiger partial charge in [0.2, 0.25) is 0 Å². The number of piperidine rings is 1. The maximum atomic E-state index is 14.1. The fraction of sp³-hybridized carbons (Fsp3) is 0.588. The fourth-order valence-electron chi connectivity index (χ4n) is 2.95. The molecule has 0 atom stereocenters. The van der Waals surface area contributed by atoms with Crippen LogP contribution in [0.5, 0.6) is 0 Å². The Hall–Kier alpha value is -1.17. The number of hydrogen-bond acceptors (Lipinski definition) is 3. The first-order valence-electron chi connectivity index (χ1n) is 7.96. The minimum Gasteiger partial charge on any atom is -0.385 e. The summed E-state index contributed by atoms with van der Waals surface area (Å²) in [4.78, 5) is 16.9. The number of benzene rings is 1. The van der Waals surface area contributed by atoms with Crippen molar-refractivity contribution in [1.29, 1.82) is 0 Å². The van der Waals surface area contributed by atoms with E-state index in [1.165, 1.54) is 18.2 Å². The van der Waals surface area contributed by atoms with Gasteiger partial charge in [-0.25, -0.2) is 4.39 Å². The molecule has 0 aliphatic carbocycles. The van der Waals surface area contributed by atoms with Gasteiger partial charge in [-0.3, -0.25) is 4.79 Å². The smallest absolute Gasteiger partial charge is 0.257 e. The molecule has 0 bridgehead atoms. The van der Waals surface area contributed by atoms with Crippen molar-refractivity contribution in [2.45, 2.75) is 25.3 Å². The second kappa shape index (κ2) is 8.62. The second-order valence-electron chi connectivity index (χ2n) is 6.00. The Balaban J connectivity index is 2.17. The van der Waals surface area contributed by atoms with E-state index in [0.717, 1.165) is 32.4 Å². The van der Waals surface area contributed by atoms with Gasteiger partial charge in [-0.05, 0) is 57.6 Å². The topological polar surface area (TPSA) is 32.8 Å². The first-order valence-corrected chi connectivity index (χ1v) is 8.34. The molecule has 0 N–H and O–H groups in total. The number of carbonyl (C=O) groups is 1. The van der Waals surface area contributed by atoms with Crippen LogP contribution in [-0.2, 0) is 4.74 Å². The summed E-state index contributed by atoms with van der Waals surface area (Å²) in [6.45, 7) is 3.02. The monoisotopic (exact) mass is 342 g/mol. The maximum Gasteiger partial charge on any atom is 0.257 e. The largest absolute Gasteiger partial charge is 0.385 e. The Morgan fingerprint density at radius 2 is 2.13 bits per heavy atom. The van der Waals surface area contributed by atoms with Crippen molar-refractivity contribution in [3.8, 4) is 0 Å². The van der Waals surface area contributed by atoms with Gasteiger partial charge in [0.15, 0.2) is 0 Å². The van der Waals surface area contributed by atoms with Crippen LogP contribution in [0, 0.1) is 5.82 Å². The van der Waals surface area contributed by atoms with Crippen LogP contribution in [0.3, 0.4) is 0 Å². The molecule has 1 saturated heterocycles. The lowest BCUT2D eigenvalue weighted by Crippen LogP contribution is -2.47. The van der Waals surface area contributed by atoms with Crippen molar-refractivity contribution in [2.75, 3.05) is 40.4 Å². The lowest BCUT2D eigenvalue weighted by atomic mass is 10.0. The number of amides is 1. The Morgan fingerprint density at radius 3 is 2.78 bits per heavy atom. The van der Waals surface area contributed by atoms with Gasteiger partial charge in [0.05, 0.1) is 5.56 Å². The summed E-state index contributed by atoms with van der Waals surface area (Å²) in [6, 6.07) is 4.25. The predicted octanol–water partition coefficient (Wildman–Crippen LogP) is 3.05. The zero-order chi connectivity index (χ0) is 16.8. The molecule has 1 heterocycles. The highest BCUT2D eigenvalue weighted by Gasteiger charge is 2.28. The number of likely N-dealkylation sites (tertiary alicyclic amines) is 1. The molecule has 4 nitrogen and oxygen atoms in total. The van der Waals surface area contributed by atoms with E-state index >= 15 is 0 Å². The fourth-order valence-corrected chi connectivity index (χ4v) is 3.12. The van der Waals surface area contributed by atoms with Crippen molar-refractivity contribution >= 4 is 17.5 Å². The van der Waals surface area contributed by atoms with E-state index in [0.29, 0.717) is 18.2 Å². The third-order valence-electron chi connectivity index (χ3n) is 4.30. The molecule has 0 radical (unpaired) electrons. The van der Waals surface area contributed by atoms with E-state index in [-0.39, 0.29) is 17.5 Å². The minimum absolute atomic E-state index is 0.0499. The summed E-state index contributed by atoms with van der Waals surface area (Å²) in [7, 11) is 3.71. The predicted molar refractivity (Wildman–Crippen MR) is 89.5 cm³/mol. The molecular formula is C17H24ClFN2O2. The van der Waals surface area contributed by atoms with E-state index in [4.69, 9.17) is 16.3 Å². The molecule has 1 aliphatic rings. The van der Waals surface area contributed by atoms with Gasteiger partial charge < -0.3 is 14.5 Å². The molecule has 1 aromatic rings. The van der Waals surface area contributed by atoms with Crippen molar-refractivity contribution < 1.29 is 13.9 Å². The molecule has 128 valence electrons. The van der Waals surface area contributed by atoms with Gasteiger partial charge in [-0.2, -0.15) is 0 Å². The number of rotatable bonds is 6. The zero-order valence-corrected chi connectivity index (χ0v) is 14.5. The molecule has 0 unspecified atom stereocenters. The number of hydrogen-bond donors (Lipinski definition) is 0. The minimum atomic E-state index is -0.524. The average Bonchev–Trinajstić information content (AvgIpc) is 2.54. The van der Waals surface area contributed by atoms with Gasteiger partial charge in [0.25, 0.3) is 5.91 Å². The van der Waals surface area contributed by atoms with Crippen LogP contribution < -0.4 is 0 Å². The highest BCUT2D eigenvalue weighted by molar-refractivity contribution is 6.31. The third-order valence-corrected chi connectivity index (χ3v) is 4.53.